The van der Waals surface area contributed by atoms with E-state index in [1.807, 2.05) is 6.92 Å². The third-order valence-corrected chi connectivity index (χ3v) is 3.57. The highest BCUT2D eigenvalue weighted by Gasteiger charge is 2.21. The number of nitrogens with zero attached hydrogens (tertiary/aromatic N) is 2. The summed E-state index contributed by atoms with van der Waals surface area (Å²) >= 11 is 0. The zero-order chi connectivity index (χ0) is 14.5. The van der Waals surface area contributed by atoms with E-state index in [1.54, 1.807) is 0 Å². The molecule has 0 aromatic carbocycles. The summed E-state index contributed by atoms with van der Waals surface area (Å²) in [7, 11) is 0. The molecule has 110 valence electrons. The van der Waals surface area contributed by atoms with Crippen LogP contribution in [0, 0.1) is 0 Å². The van der Waals surface area contributed by atoms with E-state index < -0.39 is 0 Å². The summed E-state index contributed by atoms with van der Waals surface area (Å²) in [6, 6.07) is 2.92. The van der Waals surface area contributed by atoms with Crippen LogP contribution in [0.1, 0.15) is 49.5 Å². The number of rotatable bonds is 4. The first-order valence-electron chi connectivity index (χ1n) is 7.17. The average molecular weight is 279 g/mol. The number of aliphatic hydroxyl groups excluding tert-OH is 1. The van der Waals surface area contributed by atoms with Gasteiger partial charge in [0.05, 0.1) is 6.10 Å². The van der Waals surface area contributed by atoms with Crippen molar-refractivity contribution in [3.8, 4) is 0 Å². The summed E-state index contributed by atoms with van der Waals surface area (Å²) < 4.78 is 1.32. The van der Waals surface area contributed by atoms with Crippen LogP contribution in [0.4, 0.5) is 0 Å². The van der Waals surface area contributed by atoms with Crippen LogP contribution < -0.4 is 10.9 Å². The van der Waals surface area contributed by atoms with E-state index in [4.69, 9.17) is 0 Å². The van der Waals surface area contributed by atoms with Gasteiger partial charge in [-0.3, -0.25) is 9.59 Å². The first-order chi connectivity index (χ1) is 9.60. The maximum Gasteiger partial charge on any atom is 0.271 e. The maximum absolute atomic E-state index is 12.1. The van der Waals surface area contributed by atoms with E-state index in [0.29, 0.717) is 19.4 Å². The Kier molecular flexibility index (Phi) is 4.89. The monoisotopic (exact) mass is 279 g/mol. The Morgan fingerprint density at radius 2 is 2.10 bits per heavy atom. The molecule has 20 heavy (non-hydrogen) atoms. The largest absolute Gasteiger partial charge is 0.393 e. The minimum atomic E-state index is -0.253. The molecule has 1 amide bonds. The van der Waals surface area contributed by atoms with E-state index in [9.17, 15) is 14.7 Å². The standard InChI is InChI=1S/C14H21N3O3/c1-2-9-17-13(19)8-7-12(16-17)14(20)15-10-3-5-11(18)6-4-10/h7-8,10-11,18H,2-6,9H2,1H3,(H,15,20). The van der Waals surface area contributed by atoms with E-state index >= 15 is 0 Å². The van der Waals surface area contributed by atoms with Crippen molar-refractivity contribution in [2.24, 2.45) is 0 Å². The van der Waals surface area contributed by atoms with Crippen LogP contribution in [0.3, 0.4) is 0 Å². The molecule has 1 aliphatic carbocycles. The van der Waals surface area contributed by atoms with Gasteiger partial charge in [0.1, 0.15) is 5.69 Å². The fourth-order valence-electron chi connectivity index (χ4n) is 2.42. The molecule has 0 radical (unpaired) electrons. The molecule has 1 aliphatic rings. The highest BCUT2D eigenvalue weighted by molar-refractivity contribution is 5.92. The Morgan fingerprint density at radius 1 is 1.40 bits per heavy atom. The topological polar surface area (TPSA) is 84.2 Å². The number of aryl methyl sites for hydroxylation is 1. The Bertz CT molecular complexity index is 519. The SMILES string of the molecule is CCCn1nc(C(=O)NC2CCC(O)CC2)ccc1=O. The van der Waals surface area contributed by atoms with Gasteiger partial charge in [0.15, 0.2) is 0 Å². The summed E-state index contributed by atoms with van der Waals surface area (Å²) in [4.78, 5) is 23.7. The fourth-order valence-corrected chi connectivity index (χ4v) is 2.42. The third-order valence-electron chi connectivity index (χ3n) is 3.57. The molecular weight excluding hydrogens is 258 g/mol. The molecule has 1 fully saturated rings. The van der Waals surface area contributed by atoms with E-state index in [0.717, 1.165) is 19.3 Å². The van der Waals surface area contributed by atoms with Gasteiger partial charge >= 0.3 is 0 Å². The molecule has 6 heteroatoms. The van der Waals surface area contributed by atoms with Crippen LogP contribution in [0.15, 0.2) is 16.9 Å². The number of hydrogen-bond donors (Lipinski definition) is 2. The molecule has 0 unspecified atom stereocenters. The fraction of sp³-hybridized carbons (Fsp3) is 0.643. The highest BCUT2D eigenvalue weighted by atomic mass is 16.3. The Labute approximate surface area is 117 Å². The van der Waals surface area contributed by atoms with Gasteiger partial charge in [-0.2, -0.15) is 5.10 Å². The van der Waals surface area contributed by atoms with Crippen molar-refractivity contribution in [1.82, 2.24) is 15.1 Å². The van der Waals surface area contributed by atoms with E-state index in [1.165, 1.54) is 16.8 Å². The molecule has 0 atom stereocenters. The Hall–Kier alpha value is -1.69. The van der Waals surface area contributed by atoms with Gasteiger partial charge in [-0.25, -0.2) is 4.68 Å². The summed E-state index contributed by atoms with van der Waals surface area (Å²) in [5.74, 6) is -0.253. The molecule has 2 N–H and O–H groups in total. The van der Waals surface area contributed by atoms with Crippen LogP contribution in [0.2, 0.25) is 0 Å². The predicted molar refractivity (Wildman–Crippen MR) is 74.5 cm³/mol. The first-order valence-corrected chi connectivity index (χ1v) is 7.17. The number of aliphatic hydroxyl groups is 1. The van der Waals surface area contributed by atoms with Gasteiger partial charge in [0.2, 0.25) is 0 Å². The Morgan fingerprint density at radius 3 is 2.75 bits per heavy atom. The van der Waals surface area contributed by atoms with Crippen molar-refractivity contribution in [3.63, 3.8) is 0 Å². The number of aromatic nitrogens is 2. The van der Waals surface area contributed by atoms with Crippen molar-refractivity contribution in [2.45, 2.75) is 57.7 Å². The molecule has 1 aromatic heterocycles. The van der Waals surface area contributed by atoms with Crippen LogP contribution in [-0.4, -0.2) is 32.9 Å². The lowest BCUT2D eigenvalue weighted by atomic mass is 9.93. The molecule has 0 bridgehead atoms. The van der Waals surface area contributed by atoms with Crippen molar-refractivity contribution in [1.29, 1.82) is 0 Å². The smallest absolute Gasteiger partial charge is 0.271 e. The molecule has 1 saturated carbocycles. The van der Waals surface area contributed by atoms with Crippen molar-refractivity contribution < 1.29 is 9.90 Å². The normalized spacial score (nSPS) is 22.5. The lowest BCUT2D eigenvalue weighted by Gasteiger charge is -2.26. The van der Waals surface area contributed by atoms with Gasteiger partial charge in [0, 0.05) is 18.7 Å². The lowest BCUT2D eigenvalue weighted by molar-refractivity contribution is 0.0861. The van der Waals surface area contributed by atoms with Gasteiger partial charge in [-0.1, -0.05) is 6.92 Å². The van der Waals surface area contributed by atoms with Crippen LogP contribution in [0.5, 0.6) is 0 Å². The predicted octanol–water partition coefficient (Wildman–Crippen LogP) is 0.687. The van der Waals surface area contributed by atoms with E-state index in [-0.39, 0.29) is 29.3 Å². The summed E-state index contributed by atoms with van der Waals surface area (Å²) in [6.07, 6.45) is 3.54. The second-order valence-electron chi connectivity index (χ2n) is 5.26. The quantitative estimate of drug-likeness (QED) is 0.849. The van der Waals surface area contributed by atoms with Gasteiger partial charge in [-0.15, -0.1) is 0 Å². The molecule has 1 aromatic rings. The third kappa shape index (κ3) is 3.66. The number of hydrogen-bond acceptors (Lipinski definition) is 4. The number of carbonyl (C=O) groups is 1. The first kappa shape index (κ1) is 14.7. The second kappa shape index (κ2) is 6.65. The molecule has 1 heterocycles. The van der Waals surface area contributed by atoms with Crippen molar-refractivity contribution in [2.75, 3.05) is 0 Å². The lowest BCUT2D eigenvalue weighted by Crippen LogP contribution is -2.39. The van der Waals surface area contributed by atoms with Gasteiger partial charge < -0.3 is 10.4 Å². The van der Waals surface area contributed by atoms with Crippen molar-refractivity contribution >= 4 is 5.91 Å². The molecule has 0 spiro atoms. The number of carbonyl (C=O) groups excluding carboxylic acids is 1. The summed E-state index contributed by atoms with van der Waals surface area (Å²) in [6.45, 7) is 2.46. The van der Waals surface area contributed by atoms with Crippen LogP contribution in [0.25, 0.3) is 0 Å². The van der Waals surface area contributed by atoms with Crippen LogP contribution in [-0.2, 0) is 6.54 Å². The minimum Gasteiger partial charge on any atom is -0.393 e. The molecule has 6 nitrogen and oxygen atoms in total. The molecule has 0 aliphatic heterocycles. The average Bonchev–Trinajstić information content (AvgIpc) is 2.44. The number of amides is 1. The summed E-state index contributed by atoms with van der Waals surface area (Å²) in [5, 5.41) is 16.4. The molecular formula is C14H21N3O3. The zero-order valence-corrected chi connectivity index (χ0v) is 11.7. The number of nitrogens with one attached hydrogen (secondary N) is 1. The summed E-state index contributed by atoms with van der Waals surface area (Å²) in [5.41, 5.74) is 0.0772. The van der Waals surface area contributed by atoms with Crippen LogP contribution >= 0.6 is 0 Å². The maximum atomic E-state index is 12.1. The minimum absolute atomic E-state index is 0.0826. The van der Waals surface area contributed by atoms with Gasteiger partial charge in [-0.05, 0) is 38.2 Å². The van der Waals surface area contributed by atoms with Crippen molar-refractivity contribution in [3.05, 3.63) is 28.2 Å². The second-order valence-corrected chi connectivity index (χ2v) is 5.26. The zero-order valence-electron chi connectivity index (χ0n) is 11.7. The molecule has 0 saturated heterocycles. The highest BCUT2D eigenvalue weighted by Crippen LogP contribution is 2.18. The van der Waals surface area contributed by atoms with E-state index in [2.05, 4.69) is 10.4 Å². The Balaban J connectivity index is 2.02. The molecule has 2 rings (SSSR count). The van der Waals surface area contributed by atoms with Gasteiger partial charge in [0.25, 0.3) is 11.5 Å².